The number of aldehydes is 1. The number of carbonyl (C=O) groups is 2. The fourth-order valence-electron chi connectivity index (χ4n) is 1.78. The quantitative estimate of drug-likeness (QED) is 0.834. The summed E-state index contributed by atoms with van der Waals surface area (Å²) >= 11 is 12.0. The van der Waals surface area contributed by atoms with Crippen LogP contribution in [0.1, 0.15) is 15.9 Å². The van der Waals surface area contributed by atoms with E-state index in [0.717, 1.165) is 5.56 Å². The van der Waals surface area contributed by atoms with Crippen molar-refractivity contribution in [2.45, 2.75) is 6.92 Å². The minimum atomic E-state index is -0.333. The summed E-state index contributed by atoms with van der Waals surface area (Å²) < 4.78 is 5.35. The molecule has 0 unspecified atom stereocenters. The number of anilines is 1. The number of nitrogens with one attached hydrogen (secondary N) is 1. The molecule has 6 heteroatoms. The zero-order valence-electron chi connectivity index (χ0n) is 11.7. The van der Waals surface area contributed by atoms with Gasteiger partial charge in [0.25, 0.3) is 5.91 Å². The number of hydrogen-bond donors (Lipinski definition) is 1. The molecule has 0 spiro atoms. The molecule has 0 heterocycles. The molecule has 0 aliphatic rings. The Balaban J connectivity index is 1.98. The lowest BCUT2D eigenvalue weighted by atomic mass is 10.2. The van der Waals surface area contributed by atoms with Gasteiger partial charge in [-0.15, -0.1) is 0 Å². The zero-order chi connectivity index (χ0) is 16.1. The van der Waals surface area contributed by atoms with E-state index in [2.05, 4.69) is 5.32 Å². The van der Waals surface area contributed by atoms with Crippen LogP contribution in [0.2, 0.25) is 10.0 Å². The van der Waals surface area contributed by atoms with Crippen molar-refractivity contribution in [3.8, 4) is 5.75 Å². The third-order valence-corrected chi connectivity index (χ3v) is 3.70. The Bertz CT molecular complexity index is 717. The average molecular weight is 338 g/mol. The predicted molar refractivity (Wildman–Crippen MR) is 87.2 cm³/mol. The first kappa shape index (κ1) is 16.3. The van der Waals surface area contributed by atoms with Gasteiger partial charge in [0.1, 0.15) is 12.0 Å². The van der Waals surface area contributed by atoms with Crippen LogP contribution in [-0.4, -0.2) is 18.8 Å². The number of hydrogen-bond acceptors (Lipinski definition) is 3. The van der Waals surface area contributed by atoms with E-state index >= 15 is 0 Å². The molecule has 0 bridgehead atoms. The van der Waals surface area contributed by atoms with Crippen LogP contribution in [0.3, 0.4) is 0 Å². The summed E-state index contributed by atoms with van der Waals surface area (Å²) in [6, 6.07) is 9.84. The molecule has 0 radical (unpaired) electrons. The molecule has 0 aromatic heterocycles. The molecule has 0 fully saturated rings. The normalized spacial score (nSPS) is 10.1. The van der Waals surface area contributed by atoms with E-state index in [4.69, 9.17) is 27.9 Å². The summed E-state index contributed by atoms with van der Waals surface area (Å²) in [5.41, 5.74) is 1.85. The Hall–Kier alpha value is -2.04. The average Bonchev–Trinajstić information content (AvgIpc) is 2.50. The molecule has 2 aromatic rings. The van der Waals surface area contributed by atoms with Crippen molar-refractivity contribution in [2.75, 3.05) is 11.9 Å². The fourth-order valence-corrected chi connectivity index (χ4v) is 2.20. The number of benzene rings is 2. The van der Waals surface area contributed by atoms with Crippen molar-refractivity contribution in [1.82, 2.24) is 0 Å². The van der Waals surface area contributed by atoms with Gasteiger partial charge in [-0.3, -0.25) is 9.59 Å². The van der Waals surface area contributed by atoms with Crippen LogP contribution in [0, 0.1) is 6.92 Å². The highest BCUT2D eigenvalue weighted by molar-refractivity contribution is 6.32. The van der Waals surface area contributed by atoms with Gasteiger partial charge in [-0.25, -0.2) is 0 Å². The maximum Gasteiger partial charge on any atom is 0.262 e. The number of halogens is 2. The van der Waals surface area contributed by atoms with Gasteiger partial charge in [-0.2, -0.15) is 0 Å². The van der Waals surface area contributed by atoms with Gasteiger partial charge < -0.3 is 10.1 Å². The highest BCUT2D eigenvalue weighted by Crippen LogP contribution is 2.25. The fraction of sp³-hybridized carbons (Fsp3) is 0.125. The molecule has 0 aliphatic heterocycles. The van der Waals surface area contributed by atoms with Gasteiger partial charge in [0.05, 0.1) is 5.02 Å². The molecule has 0 atom stereocenters. The first-order valence-electron chi connectivity index (χ1n) is 6.43. The van der Waals surface area contributed by atoms with Crippen LogP contribution < -0.4 is 10.1 Å². The monoisotopic (exact) mass is 337 g/mol. The van der Waals surface area contributed by atoms with E-state index < -0.39 is 0 Å². The lowest BCUT2D eigenvalue weighted by molar-refractivity contribution is -0.118. The first-order valence-corrected chi connectivity index (χ1v) is 7.19. The van der Waals surface area contributed by atoms with Gasteiger partial charge in [0.2, 0.25) is 0 Å². The molecule has 0 aliphatic carbocycles. The van der Waals surface area contributed by atoms with Gasteiger partial charge in [-0.1, -0.05) is 29.3 Å². The summed E-state index contributed by atoms with van der Waals surface area (Å²) in [4.78, 5) is 22.5. The van der Waals surface area contributed by atoms with E-state index in [-0.39, 0.29) is 17.5 Å². The van der Waals surface area contributed by atoms with Crippen molar-refractivity contribution in [2.24, 2.45) is 0 Å². The summed E-state index contributed by atoms with van der Waals surface area (Å²) in [5, 5.41) is 3.57. The Kier molecular flexibility index (Phi) is 5.41. The van der Waals surface area contributed by atoms with Crippen molar-refractivity contribution < 1.29 is 14.3 Å². The molecule has 1 amide bonds. The van der Waals surface area contributed by atoms with Gasteiger partial charge in [-0.05, 0) is 42.8 Å². The number of amides is 1. The van der Waals surface area contributed by atoms with Crippen LogP contribution in [0.4, 0.5) is 5.69 Å². The first-order chi connectivity index (χ1) is 10.5. The minimum Gasteiger partial charge on any atom is -0.482 e. The molecule has 0 saturated heterocycles. The second-order valence-corrected chi connectivity index (χ2v) is 5.37. The number of ether oxygens (including phenoxy) is 1. The highest BCUT2D eigenvalue weighted by Gasteiger charge is 2.09. The Morgan fingerprint density at radius 1 is 1.23 bits per heavy atom. The topological polar surface area (TPSA) is 55.4 Å². The number of rotatable bonds is 5. The molecule has 4 nitrogen and oxygen atoms in total. The van der Waals surface area contributed by atoms with Crippen molar-refractivity contribution in [3.63, 3.8) is 0 Å². The predicted octanol–water partition coefficient (Wildman–Crippen LogP) is 4.13. The van der Waals surface area contributed by atoms with E-state index in [0.29, 0.717) is 28.3 Å². The van der Waals surface area contributed by atoms with Crippen LogP contribution in [0.5, 0.6) is 5.75 Å². The summed E-state index contributed by atoms with van der Waals surface area (Å²) in [7, 11) is 0. The summed E-state index contributed by atoms with van der Waals surface area (Å²) in [6.07, 6.45) is 0.685. The van der Waals surface area contributed by atoms with Crippen LogP contribution in [-0.2, 0) is 4.79 Å². The largest absolute Gasteiger partial charge is 0.482 e. The van der Waals surface area contributed by atoms with Gasteiger partial charge >= 0.3 is 0 Å². The third kappa shape index (κ3) is 4.00. The van der Waals surface area contributed by atoms with Crippen molar-refractivity contribution in [1.29, 1.82) is 0 Å². The van der Waals surface area contributed by atoms with E-state index in [1.165, 1.54) is 6.07 Å². The standard InChI is InChI=1S/C16H13Cl2NO3/c1-10-12(17)3-2-4-14(10)19-16(21)9-22-15-6-5-11(8-20)7-13(15)18/h2-8H,9H2,1H3,(H,19,21). The summed E-state index contributed by atoms with van der Waals surface area (Å²) in [6.45, 7) is 1.61. The molecular weight excluding hydrogens is 325 g/mol. The van der Waals surface area contributed by atoms with E-state index in [1.807, 2.05) is 6.92 Å². The summed E-state index contributed by atoms with van der Waals surface area (Å²) in [5.74, 6) is 0.00568. The molecule has 2 aromatic carbocycles. The van der Waals surface area contributed by atoms with E-state index in [9.17, 15) is 9.59 Å². The van der Waals surface area contributed by atoms with Gasteiger partial charge in [0.15, 0.2) is 6.61 Å². The van der Waals surface area contributed by atoms with Crippen LogP contribution in [0.25, 0.3) is 0 Å². The molecular formula is C16H13Cl2NO3. The van der Waals surface area contributed by atoms with E-state index in [1.54, 1.807) is 30.3 Å². The van der Waals surface area contributed by atoms with Crippen molar-refractivity contribution >= 4 is 41.1 Å². The van der Waals surface area contributed by atoms with Crippen molar-refractivity contribution in [3.05, 3.63) is 57.6 Å². The van der Waals surface area contributed by atoms with Crippen LogP contribution in [0.15, 0.2) is 36.4 Å². The smallest absolute Gasteiger partial charge is 0.262 e. The molecule has 1 N–H and O–H groups in total. The lowest BCUT2D eigenvalue weighted by Gasteiger charge is -2.11. The molecule has 2 rings (SSSR count). The van der Waals surface area contributed by atoms with Gasteiger partial charge in [0, 0.05) is 16.3 Å². The lowest BCUT2D eigenvalue weighted by Crippen LogP contribution is -2.20. The maximum atomic E-state index is 11.9. The Labute approximate surface area is 138 Å². The Morgan fingerprint density at radius 3 is 2.68 bits per heavy atom. The molecule has 0 saturated carbocycles. The number of carbonyl (C=O) groups excluding carboxylic acids is 2. The second-order valence-electron chi connectivity index (χ2n) is 4.56. The molecule has 114 valence electrons. The SMILES string of the molecule is Cc1c(Cl)cccc1NC(=O)COc1ccc(C=O)cc1Cl. The van der Waals surface area contributed by atoms with Crippen LogP contribution >= 0.6 is 23.2 Å². The maximum absolute atomic E-state index is 11.9. The highest BCUT2D eigenvalue weighted by atomic mass is 35.5. The second kappa shape index (κ2) is 7.29. The Morgan fingerprint density at radius 2 is 2.00 bits per heavy atom. The molecule has 22 heavy (non-hydrogen) atoms. The third-order valence-electron chi connectivity index (χ3n) is 2.99. The zero-order valence-corrected chi connectivity index (χ0v) is 13.2. The minimum absolute atomic E-state index is 0.202.